The van der Waals surface area contributed by atoms with Gasteiger partial charge in [-0.3, -0.25) is 14.7 Å². The maximum atomic E-state index is 13.9. The molecule has 2 atom stereocenters. The third-order valence-electron chi connectivity index (χ3n) is 4.65. The molecular weight excluding hydrogens is 323 g/mol. The molecule has 0 aliphatic carbocycles. The molecule has 2 unspecified atom stereocenters. The lowest BCUT2D eigenvalue weighted by molar-refractivity contribution is -0.143. The van der Waals surface area contributed by atoms with E-state index < -0.39 is 11.9 Å². The molecule has 0 spiro atoms. The van der Waals surface area contributed by atoms with E-state index in [4.69, 9.17) is 4.74 Å². The molecule has 1 aliphatic rings. The Morgan fingerprint density at radius 2 is 2.28 bits per heavy atom. The van der Waals surface area contributed by atoms with Gasteiger partial charge in [0, 0.05) is 24.5 Å². The van der Waals surface area contributed by atoms with Crippen LogP contribution in [0.2, 0.25) is 0 Å². The van der Waals surface area contributed by atoms with Crippen molar-refractivity contribution in [3.8, 4) is 5.75 Å². The Labute approximate surface area is 146 Å². The number of methoxy groups -OCH3 is 1. The third kappa shape index (κ3) is 3.79. The molecule has 25 heavy (non-hydrogen) atoms. The minimum Gasteiger partial charge on any atom is -0.496 e. The van der Waals surface area contributed by atoms with Crippen LogP contribution in [0, 0.1) is 11.7 Å². The highest BCUT2D eigenvalue weighted by atomic mass is 19.1. The van der Waals surface area contributed by atoms with Gasteiger partial charge in [-0.25, -0.2) is 4.39 Å². The summed E-state index contributed by atoms with van der Waals surface area (Å²) in [6.45, 7) is 1.15. The van der Waals surface area contributed by atoms with Crippen LogP contribution < -0.4 is 4.74 Å². The van der Waals surface area contributed by atoms with Gasteiger partial charge in [0.2, 0.25) is 0 Å². The van der Waals surface area contributed by atoms with Gasteiger partial charge in [-0.05, 0) is 49.2 Å². The average Bonchev–Trinajstić information content (AvgIpc) is 2.63. The molecular formula is C19H21FN2O3. The molecule has 0 bridgehead atoms. The second-order valence-electron chi connectivity index (χ2n) is 6.25. The fraction of sp³-hybridized carbons (Fsp3) is 0.368. The molecule has 5 nitrogen and oxygen atoms in total. The van der Waals surface area contributed by atoms with Gasteiger partial charge in [0.1, 0.15) is 11.6 Å². The quantitative estimate of drug-likeness (QED) is 0.903. The standard InChI is InChI=1S/C19H21FN2O3/c1-25-17-7-6-15(20)10-16(17)18(13-4-2-8-21-11-13)22-9-3-5-14(12-22)19(23)24/h2,4,6-8,10-11,14,18H,3,5,9,12H2,1H3,(H,23,24). The molecule has 2 heterocycles. The summed E-state index contributed by atoms with van der Waals surface area (Å²) in [5.41, 5.74) is 1.57. The second-order valence-corrected chi connectivity index (χ2v) is 6.25. The van der Waals surface area contributed by atoms with E-state index in [2.05, 4.69) is 9.88 Å². The molecule has 1 fully saturated rings. The van der Waals surface area contributed by atoms with E-state index in [0.29, 0.717) is 24.3 Å². The Hall–Kier alpha value is -2.47. The van der Waals surface area contributed by atoms with Crippen LogP contribution in [0.1, 0.15) is 30.0 Å². The van der Waals surface area contributed by atoms with Gasteiger partial charge < -0.3 is 9.84 Å². The first-order valence-electron chi connectivity index (χ1n) is 8.30. The number of carboxylic acid groups (broad SMARTS) is 1. The van der Waals surface area contributed by atoms with Gasteiger partial charge in [0.05, 0.1) is 19.1 Å². The van der Waals surface area contributed by atoms with E-state index >= 15 is 0 Å². The molecule has 132 valence electrons. The van der Waals surface area contributed by atoms with Crippen molar-refractivity contribution in [2.75, 3.05) is 20.2 Å². The summed E-state index contributed by atoms with van der Waals surface area (Å²) < 4.78 is 19.4. The number of aliphatic carboxylic acids is 1. The number of halogens is 1. The summed E-state index contributed by atoms with van der Waals surface area (Å²) in [7, 11) is 1.55. The van der Waals surface area contributed by atoms with E-state index in [1.165, 1.54) is 12.1 Å². The fourth-order valence-electron chi connectivity index (χ4n) is 3.49. The third-order valence-corrected chi connectivity index (χ3v) is 4.65. The van der Waals surface area contributed by atoms with Gasteiger partial charge in [-0.2, -0.15) is 0 Å². The first kappa shape index (κ1) is 17.4. The van der Waals surface area contributed by atoms with Crippen LogP contribution in [-0.2, 0) is 4.79 Å². The number of carboxylic acids is 1. The molecule has 0 amide bonds. The lowest BCUT2D eigenvalue weighted by atomic mass is 9.91. The maximum Gasteiger partial charge on any atom is 0.307 e. The number of piperidine rings is 1. The zero-order valence-electron chi connectivity index (χ0n) is 14.1. The summed E-state index contributed by atoms with van der Waals surface area (Å²) in [5, 5.41) is 9.40. The number of benzene rings is 1. The lowest BCUT2D eigenvalue weighted by Gasteiger charge is -2.37. The van der Waals surface area contributed by atoms with Crippen molar-refractivity contribution >= 4 is 5.97 Å². The Kier molecular flexibility index (Phi) is 5.28. The second kappa shape index (κ2) is 7.61. The Balaban J connectivity index is 2.05. The number of hydrogen-bond acceptors (Lipinski definition) is 4. The van der Waals surface area contributed by atoms with Gasteiger partial charge in [0.25, 0.3) is 0 Å². The summed E-state index contributed by atoms with van der Waals surface area (Å²) in [6, 6.07) is 7.87. The predicted molar refractivity (Wildman–Crippen MR) is 91.0 cm³/mol. The van der Waals surface area contributed by atoms with Crippen LogP contribution >= 0.6 is 0 Å². The molecule has 6 heteroatoms. The minimum absolute atomic E-state index is 0.304. The Morgan fingerprint density at radius 1 is 1.44 bits per heavy atom. The van der Waals surface area contributed by atoms with E-state index in [9.17, 15) is 14.3 Å². The summed E-state index contributed by atoms with van der Waals surface area (Å²) >= 11 is 0. The molecule has 1 N–H and O–H groups in total. The molecule has 1 aliphatic heterocycles. The summed E-state index contributed by atoms with van der Waals surface area (Å²) in [4.78, 5) is 17.7. The Bertz CT molecular complexity index is 739. The molecule has 0 saturated carbocycles. The molecule has 1 aromatic heterocycles. The number of ether oxygens (including phenoxy) is 1. The van der Waals surface area contributed by atoms with Crippen LogP contribution in [0.3, 0.4) is 0 Å². The maximum absolute atomic E-state index is 13.9. The molecule has 0 radical (unpaired) electrons. The lowest BCUT2D eigenvalue weighted by Crippen LogP contribution is -2.41. The number of likely N-dealkylation sites (tertiary alicyclic amines) is 1. The number of aromatic nitrogens is 1. The van der Waals surface area contributed by atoms with Gasteiger partial charge in [-0.15, -0.1) is 0 Å². The van der Waals surface area contributed by atoms with Crippen molar-refractivity contribution in [2.45, 2.75) is 18.9 Å². The monoisotopic (exact) mass is 344 g/mol. The minimum atomic E-state index is -0.791. The van der Waals surface area contributed by atoms with Gasteiger partial charge in [0.15, 0.2) is 0 Å². The van der Waals surface area contributed by atoms with Crippen molar-refractivity contribution in [1.29, 1.82) is 0 Å². The average molecular weight is 344 g/mol. The van der Waals surface area contributed by atoms with E-state index in [0.717, 1.165) is 18.5 Å². The highest BCUT2D eigenvalue weighted by Crippen LogP contribution is 2.37. The van der Waals surface area contributed by atoms with Crippen LogP contribution in [-0.4, -0.2) is 41.2 Å². The molecule has 1 saturated heterocycles. The van der Waals surface area contributed by atoms with Crippen LogP contribution in [0.4, 0.5) is 4.39 Å². The van der Waals surface area contributed by atoms with E-state index in [-0.39, 0.29) is 11.9 Å². The fourth-order valence-corrected chi connectivity index (χ4v) is 3.49. The first-order valence-corrected chi connectivity index (χ1v) is 8.30. The first-order chi connectivity index (χ1) is 12.1. The van der Waals surface area contributed by atoms with Gasteiger partial charge >= 0.3 is 5.97 Å². The van der Waals surface area contributed by atoms with Crippen LogP contribution in [0.25, 0.3) is 0 Å². The van der Waals surface area contributed by atoms with Crippen molar-refractivity contribution in [3.63, 3.8) is 0 Å². The van der Waals surface area contributed by atoms with E-state index in [1.54, 1.807) is 25.6 Å². The highest BCUT2D eigenvalue weighted by Gasteiger charge is 2.32. The normalized spacial score (nSPS) is 19.4. The van der Waals surface area contributed by atoms with Crippen LogP contribution in [0.15, 0.2) is 42.7 Å². The molecule has 1 aromatic carbocycles. The zero-order chi connectivity index (χ0) is 17.8. The zero-order valence-corrected chi connectivity index (χ0v) is 14.1. The number of hydrogen-bond donors (Lipinski definition) is 1. The van der Waals surface area contributed by atoms with Crippen molar-refractivity contribution in [2.24, 2.45) is 5.92 Å². The predicted octanol–water partition coefficient (Wildman–Crippen LogP) is 3.12. The summed E-state index contributed by atoms with van der Waals surface area (Å²) in [5.74, 6) is -0.988. The van der Waals surface area contributed by atoms with Crippen molar-refractivity contribution < 1.29 is 19.0 Å². The number of nitrogens with zero attached hydrogens (tertiary/aromatic N) is 2. The Morgan fingerprint density at radius 3 is 2.96 bits per heavy atom. The van der Waals surface area contributed by atoms with Gasteiger partial charge in [-0.1, -0.05) is 6.07 Å². The topological polar surface area (TPSA) is 62.7 Å². The largest absolute Gasteiger partial charge is 0.496 e. The van der Waals surface area contributed by atoms with Crippen molar-refractivity contribution in [1.82, 2.24) is 9.88 Å². The number of rotatable bonds is 5. The SMILES string of the molecule is COc1ccc(F)cc1C(c1cccnc1)N1CCCC(C(=O)O)C1. The summed E-state index contributed by atoms with van der Waals surface area (Å²) in [6.07, 6.45) is 4.86. The number of carbonyl (C=O) groups is 1. The molecule has 3 rings (SSSR count). The number of pyridine rings is 1. The smallest absolute Gasteiger partial charge is 0.307 e. The molecule has 2 aromatic rings. The highest BCUT2D eigenvalue weighted by molar-refractivity contribution is 5.70. The van der Waals surface area contributed by atoms with Crippen molar-refractivity contribution in [3.05, 3.63) is 59.7 Å². The van der Waals surface area contributed by atoms with Crippen LogP contribution in [0.5, 0.6) is 5.75 Å². The van der Waals surface area contributed by atoms with E-state index in [1.807, 2.05) is 12.1 Å².